The smallest absolute Gasteiger partial charge is 0.187 e. The molecular weight excluding hydrogens is 322 g/mol. The van der Waals surface area contributed by atoms with Gasteiger partial charge in [0.05, 0.1) is 0 Å². The quantitative estimate of drug-likeness (QED) is 0.432. The van der Waals surface area contributed by atoms with E-state index in [2.05, 4.69) is 12.2 Å². The molecule has 0 aliphatic carbocycles. The molecular formula is C23H21NO2. The second-order valence-corrected chi connectivity index (χ2v) is 5.83. The molecule has 130 valence electrons. The van der Waals surface area contributed by atoms with Gasteiger partial charge in [0.15, 0.2) is 5.78 Å². The summed E-state index contributed by atoms with van der Waals surface area (Å²) < 4.78 is 5.75. The van der Waals surface area contributed by atoms with E-state index in [1.165, 1.54) is 11.6 Å². The molecule has 1 N–H and O–H groups in total. The van der Waals surface area contributed by atoms with E-state index in [0.29, 0.717) is 5.56 Å². The highest BCUT2D eigenvalue weighted by Gasteiger charge is 2.01. The minimum Gasteiger partial charge on any atom is -0.457 e. The average Bonchev–Trinajstić information content (AvgIpc) is 2.70. The van der Waals surface area contributed by atoms with E-state index in [1.54, 1.807) is 6.20 Å². The molecule has 3 aromatic carbocycles. The monoisotopic (exact) mass is 343 g/mol. The molecule has 3 nitrogen and oxygen atoms in total. The molecule has 0 amide bonds. The first-order chi connectivity index (χ1) is 12.7. The summed E-state index contributed by atoms with van der Waals surface area (Å²) in [5, 5.41) is 3.10. The molecule has 0 atom stereocenters. The van der Waals surface area contributed by atoms with Gasteiger partial charge in [-0.3, -0.25) is 4.79 Å². The number of ether oxygens (including phenoxy) is 1. The Hall–Kier alpha value is -3.33. The van der Waals surface area contributed by atoms with Gasteiger partial charge in [-0.05, 0) is 48.4 Å². The maximum Gasteiger partial charge on any atom is 0.187 e. The van der Waals surface area contributed by atoms with Crippen LogP contribution in [0.1, 0.15) is 22.8 Å². The largest absolute Gasteiger partial charge is 0.457 e. The zero-order valence-electron chi connectivity index (χ0n) is 14.7. The summed E-state index contributed by atoms with van der Waals surface area (Å²) in [5.41, 5.74) is 2.80. The topological polar surface area (TPSA) is 38.3 Å². The summed E-state index contributed by atoms with van der Waals surface area (Å²) in [6, 6.07) is 24.9. The van der Waals surface area contributed by atoms with Crippen molar-refractivity contribution in [2.75, 3.05) is 5.32 Å². The van der Waals surface area contributed by atoms with Crippen molar-refractivity contribution in [3.8, 4) is 11.5 Å². The van der Waals surface area contributed by atoms with E-state index in [-0.39, 0.29) is 5.78 Å². The van der Waals surface area contributed by atoms with E-state index in [1.807, 2.05) is 78.9 Å². The van der Waals surface area contributed by atoms with Crippen molar-refractivity contribution in [1.82, 2.24) is 0 Å². The van der Waals surface area contributed by atoms with Gasteiger partial charge in [0, 0.05) is 23.5 Å². The summed E-state index contributed by atoms with van der Waals surface area (Å²) in [7, 11) is 0. The van der Waals surface area contributed by atoms with Crippen molar-refractivity contribution in [3.05, 3.63) is 102 Å². The number of hydrogen-bond donors (Lipinski definition) is 1. The highest BCUT2D eigenvalue weighted by Crippen LogP contribution is 2.22. The van der Waals surface area contributed by atoms with Crippen LogP contribution in [0.5, 0.6) is 11.5 Å². The van der Waals surface area contributed by atoms with Crippen molar-refractivity contribution >= 4 is 11.5 Å². The minimum absolute atomic E-state index is 0.0239. The fourth-order valence-corrected chi connectivity index (χ4v) is 2.46. The van der Waals surface area contributed by atoms with Gasteiger partial charge < -0.3 is 10.1 Å². The first-order valence-electron chi connectivity index (χ1n) is 8.64. The van der Waals surface area contributed by atoms with Crippen LogP contribution in [0.4, 0.5) is 5.69 Å². The number of carbonyl (C=O) groups excluding carboxylic acids is 1. The van der Waals surface area contributed by atoms with Crippen LogP contribution in [0.2, 0.25) is 0 Å². The lowest BCUT2D eigenvalue weighted by molar-refractivity contribution is 0.104. The summed E-state index contributed by atoms with van der Waals surface area (Å²) in [4.78, 5) is 12.1. The van der Waals surface area contributed by atoms with Crippen LogP contribution in [-0.4, -0.2) is 5.78 Å². The maximum absolute atomic E-state index is 12.1. The molecule has 3 heteroatoms. The van der Waals surface area contributed by atoms with Gasteiger partial charge in [0.25, 0.3) is 0 Å². The number of rotatable bonds is 7. The number of carbonyl (C=O) groups is 1. The highest BCUT2D eigenvalue weighted by molar-refractivity contribution is 6.04. The van der Waals surface area contributed by atoms with Crippen molar-refractivity contribution in [2.45, 2.75) is 13.3 Å². The fraction of sp³-hybridized carbons (Fsp3) is 0.0870. The molecule has 3 aromatic rings. The van der Waals surface area contributed by atoms with E-state index < -0.39 is 0 Å². The Balaban J connectivity index is 1.55. The lowest BCUT2D eigenvalue weighted by atomic mass is 10.1. The van der Waals surface area contributed by atoms with E-state index in [0.717, 1.165) is 23.6 Å². The van der Waals surface area contributed by atoms with Gasteiger partial charge in [-0.15, -0.1) is 0 Å². The third-order valence-corrected chi connectivity index (χ3v) is 3.96. The number of hydrogen-bond acceptors (Lipinski definition) is 3. The lowest BCUT2D eigenvalue weighted by Gasteiger charge is -2.06. The SMILES string of the molecule is CCc1ccc(C(=O)/C=C/Nc2ccc(Oc3ccccc3)cc2)cc1. The van der Waals surface area contributed by atoms with Crippen LogP contribution in [0.3, 0.4) is 0 Å². The summed E-state index contributed by atoms with van der Waals surface area (Å²) >= 11 is 0. The number of para-hydroxylation sites is 1. The number of allylic oxidation sites excluding steroid dienone is 1. The van der Waals surface area contributed by atoms with Crippen molar-refractivity contribution < 1.29 is 9.53 Å². The molecule has 0 saturated heterocycles. The van der Waals surface area contributed by atoms with Gasteiger partial charge in [-0.1, -0.05) is 49.4 Å². The molecule has 0 saturated carbocycles. The predicted molar refractivity (Wildman–Crippen MR) is 106 cm³/mol. The Morgan fingerprint density at radius 2 is 1.54 bits per heavy atom. The van der Waals surface area contributed by atoms with Gasteiger partial charge in [0.2, 0.25) is 0 Å². The van der Waals surface area contributed by atoms with Crippen LogP contribution in [0.25, 0.3) is 0 Å². The van der Waals surface area contributed by atoms with Crippen LogP contribution in [-0.2, 0) is 6.42 Å². The Bertz CT molecular complexity index is 866. The number of aryl methyl sites for hydroxylation is 1. The number of benzene rings is 3. The molecule has 0 fully saturated rings. The molecule has 0 bridgehead atoms. The van der Waals surface area contributed by atoms with Gasteiger partial charge in [-0.25, -0.2) is 0 Å². The van der Waals surface area contributed by atoms with Crippen LogP contribution in [0, 0.1) is 0 Å². The predicted octanol–water partition coefficient (Wildman–Crippen LogP) is 5.85. The second-order valence-electron chi connectivity index (χ2n) is 5.83. The lowest BCUT2D eigenvalue weighted by Crippen LogP contribution is -1.96. The van der Waals surface area contributed by atoms with Gasteiger partial charge in [-0.2, -0.15) is 0 Å². The number of nitrogens with one attached hydrogen (secondary N) is 1. The number of ketones is 1. The average molecular weight is 343 g/mol. The third kappa shape index (κ3) is 4.84. The first kappa shape index (κ1) is 17.5. The molecule has 0 heterocycles. The summed E-state index contributed by atoms with van der Waals surface area (Å²) in [6.07, 6.45) is 4.16. The zero-order chi connectivity index (χ0) is 18.2. The van der Waals surface area contributed by atoms with Crippen LogP contribution >= 0.6 is 0 Å². The van der Waals surface area contributed by atoms with Crippen molar-refractivity contribution in [3.63, 3.8) is 0 Å². The van der Waals surface area contributed by atoms with E-state index in [9.17, 15) is 4.79 Å². The van der Waals surface area contributed by atoms with Gasteiger partial charge in [0.1, 0.15) is 11.5 Å². The minimum atomic E-state index is -0.0239. The second kappa shape index (κ2) is 8.67. The Morgan fingerprint density at radius 1 is 0.885 bits per heavy atom. The van der Waals surface area contributed by atoms with Crippen LogP contribution < -0.4 is 10.1 Å². The Labute approximate surface area is 154 Å². The Kier molecular flexibility index (Phi) is 5.84. The standard InChI is InChI=1S/C23H21NO2/c1-2-18-8-10-19(11-9-18)23(25)16-17-24-20-12-14-22(15-13-20)26-21-6-4-3-5-7-21/h3-17,24H,2H2,1H3/b17-16+. The molecule has 3 rings (SSSR count). The molecule has 0 unspecified atom stereocenters. The van der Waals surface area contributed by atoms with Crippen molar-refractivity contribution in [1.29, 1.82) is 0 Å². The molecule has 0 aliphatic heterocycles. The van der Waals surface area contributed by atoms with Crippen LogP contribution in [0.15, 0.2) is 91.1 Å². The van der Waals surface area contributed by atoms with Gasteiger partial charge >= 0.3 is 0 Å². The number of anilines is 1. The van der Waals surface area contributed by atoms with E-state index in [4.69, 9.17) is 4.74 Å². The highest BCUT2D eigenvalue weighted by atomic mass is 16.5. The molecule has 26 heavy (non-hydrogen) atoms. The molecule has 0 aliphatic rings. The normalized spacial score (nSPS) is 10.7. The summed E-state index contributed by atoms with van der Waals surface area (Å²) in [6.45, 7) is 2.09. The molecule has 0 aromatic heterocycles. The first-order valence-corrected chi connectivity index (χ1v) is 8.64. The molecule has 0 spiro atoms. The Morgan fingerprint density at radius 3 is 2.19 bits per heavy atom. The maximum atomic E-state index is 12.1. The van der Waals surface area contributed by atoms with Crippen molar-refractivity contribution in [2.24, 2.45) is 0 Å². The molecule has 0 radical (unpaired) electrons. The fourth-order valence-electron chi connectivity index (χ4n) is 2.46. The van der Waals surface area contributed by atoms with E-state index >= 15 is 0 Å². The summed E-state index contributed by atoms with van der Waals surface area (Å²) in [5.74, 6) is 1.54. The third-order valence-electron chi connectivity index (χ3n) is 3.96. The zero-order valence-corrected chi connectivity index (χ0v) is 14.7.